The number of rotatable bonds is 4. The van der Waals surface area contributed by atoms with E-state index in [1.165, 1.54) is 34.2 Å². The minimum Gasteiger partial charge on any atom is -0.493 e. The average Bonchev–Trinajstić information content (AvgIpc) is 2.82. The van der Waals surface area contributed by atoms with Crippen LogP contribution in [0.1, 0.15) is 40.3 Å². The van der Waals surface area contributed by atoms with E-state index in [9.17, 15) is 0 Å². The van der Waals surface area contributed by atoms with Gasteiger partial charge in [-0.05, 0) is 77.8 Å². The third-order valence-electron chi connectivity index (χ3n) is 6.87. The summed E-state index contributed by atoms with van der Waals surface area (Å²) in [5.74, 6) is 1.58. The van der Waals surface area contributed by atoms with Crippen LogP contribution in [0.25, 0.3) is 0 Å². The van der Waals surface area contributed by atoms with Crippen molar-refractivity contribution in [3.05, 3.63) is 93.5 Å². The van der Waals surface area contributed by atoms with E-state index in [0.717, 1.165) is 42.3 Å². The lowest BCUT2D eigenvalue weighted by atomic mass is 9.82. The van der Waals surface area contributed by atoms with Gasteiger partial charge in [-0.1, -0.05) is 48.0 Å². The molecule has 0 unspecified atom stereocenters. The van der Waals surface area contributed by atoms with E-state index in [1.807, 2.05) is 6.07 Å². The first-order valence-electron chi connectivity index (χ1n) is 11.0. The molecule has 0 radical (unpaired) electrons. The second-order valence-electron chi connectivity index (χ2n) is 8.52. The van der Waals surface area contributed by atoms with Crippen molar-refractivity contribution in [1.82, 2.24) is 4.90 Å². The van der Waals surface area contributed by atoms with Crippen LogP contribution in [0, 0.1) is 0 Å². The number of hydrogen-bond acceptors (Lipinski definition) is 3. The van der Waals surface area contributed by atoms with E-state index in [2.05, 4.69) is 59.5 Å². The zero-order chi connectivity index (χ0) is 21.4. The summed E-state index contributed by atoms with van der Waals surface area (Å²) in [5, 5.41) is 0.777. The topological polar surface area (TPSA) is 21.7 Å². The van der Waals surface area contributed by atoms with Gasteiger partial charge in [0.05, 0.1) is 20.3 Å². The summed E-state index contributed by atoms with van der Waals surface area (Å²) in [4.78, 5) is 2.69. The highest BCUT2D eigenvalue weighted by molar-refractivity contribution is 6.30. The zero-order valence-corrected chi connectivity index (χ0v) is 18.9. The molecule has 0 aromatic heterocycles. The van der Waals surface area contributed by atoms with Crippen LogP contribution in [-0.4, -0.2) is 31.7 Å². The highest BCUT2D eigenvalue weighted by Gasteiger charge is 2.36. The van der Waals surface area contributed by atoms with E-state index < -0.39 is 0 Å². The van der Waals surface area contributed by atoms with E-state index >= 15 is 0 Å². The number of ether oxygens (including phenoxy) is 2. The Morgan fingerprint density at radius 3 is 2.39 bits per heavy atom. The molecule has 3 aromatic carbocycles. The van der Waals surface area contributed by atoms with E-state index in [4.69, 9.17) is 21.1 Å². The highest BCUT2D eigenvalue weighted by Crippen LogP contribution is 2.43. The van der Waals surface area contributed by atoms with Crippen LogP contribution < -0.4 is 9.47 Å². The molecule has 2 aliphatic rings. The van der Waals surface area contributed by atoms with Crippen LogP contribution in [0.15, 0.2) is 60.7 Å². The summed E-state index contributed by atoms with van der Waals surface area (Å²) in [6, 6.07) is 22.2. The molecule has 3 nitrogen and oxygen atoms in total. The van der Waals surface area contributed by atoms with Crippen molar-refractivity contribution < 1.29 is 9.47 Å². The van der Waals surface area contributed by atoms with Crippen LogP contribution in [-0.2, 0) is 19.3 Å². The molecule has 0 saturated carbocycles. The highest BCUT2D eigenvalue weighted by atomic mass is 35.5. The number of aryl methyl sites for hydroxylation is 1. The van der Waals surface area contributed by atoms with E-state index in [-0.39, 0.29) is 6.04 Å². The summed E-state index contributed by atoms with van der Waals surface area (Å²) in [6.45, 7) is 1.02. The van der Waals surface area contributed by atoms with Crippen molar-refractivity contribution in [3.8, 4) is 11.5 Å². The molecule has 0 fully saturated rings. The fourth-order valence-electron chi connectivity index (χ4n) is 5.37. The predicted octanol–water partition coefficient (Wildman–Crippen LogP) is 5.86. The molecule has 1 aliphatic carbocycles. The Hall–Kier alpha value is -2.49. The van der Waals surface area contributed by atoms with Crippen molar-refractivity contribution in [2.45, 2.75) is 37.8 Å². The molecule has 2 atom stereocenters. The Labute approximate surface area is 189 Å². The van der Waals surface area contributed by atoms with Crippen LogP contribution >= 0.6 is 11.6 Å². The van der Waals surface area contributed by atoms with Gasteiger partial charge < -0.3 is 9.47 Å². The van der Waals surface area contributed by atoms with Crippen molar-refractivity contribution in [2.75, 3.05) is 20.8 Å². The first-order chi connectivity index (χ1) is 15.2. The number of nitrogens with zero attached hydrogens (tertiary/aromatic N) is 1. The average molecular weight is 434 g/mol. The molecule has 0 spiro atoms. The van der Waals surface area contributed by atoms with Gasteiger partial charge in [-0.3, -0.25) is 4.90 Å². The fraction of sp³-hybridized carbons (Fsp3) is 0.333. The first kappa shape index (κ1) is 20.4. The van der Waals surface area contributed by atoms with Crippen LogP contribution in [0.5, 0.6) is 11.5 Å². The summed E-state index contributed by atoms with van der Waals surface area (Å²) in [5.41, 5.74) is 6.85. The normalized spacial score (nSPS) is 20.6. The number of halogens is 1. The van der Waals surface area contributed by atoms with Gasteiger partial charge in [0.25, 0.3) is 0 Å². The van der Waals surface area contributed by atoms with Crippen LogP contribution in [0.4, 0.5) is 0 Å². The number of fused-ring (bicyclic) bond motifs is 2. The van der Waals surface area contributed by atoms with E-state index in [0.29, 0.717) is 6.04 Å². The third kappa shape index (κ3) is 3.81. The Balaban J connectivity index is 1.59. The second kappa shape index (κ2) is 8.57. The quantitative estimate of drug-likeness (QED) is 0.514. The lowest BCUT2D eigenvalue weighted by Gasteiger charge is -2.44. The summed E-state index contributed by atoms with van der Waals surface area (Å²) in [6.07, 6.45) is 4.41. The van der Waals surface area contributed by atoms with Gasteiger partial charge in [0.15, 0.2) is 11.5 Å². The van der Waals surface area contributed by atoms with Gasteiger partial charge in [-0.25, -0.2) is 0 Å². The molecular formula is C27H28ClNO2. The summed E-state index contributed by atoms with van der Waals surface area (Å²) < 4.78 is 11.3. The molecule has 0 amide bonds. The van der Waals surface area contributed by atoms with Gasteiger partial charge >= 0.3 is 0 Å². The van der Waals surface area contributed by atoms with Gasteiger partial charge in [0.2, 0.25) is 0 Å². The first-order valence-corrected chi connectivity index (χ1v) is 11.4. The maximum atomic E-state index is 6.43. The summed E-state index contributed by atoms with van der Waals surface area (Å²) in [7, 11) is 3.41. The molecule has 0 bridgehead atoms. The molecule has 4 heteroatoms. The molecule has 160 valence electrons. The molecule has 1 aliphatic heterocycles. The number of benzene rings is 3. The van der Waals surface area contributed by atoms with Gasteiger partial charge in [-0.2, -0.15) is 0 Å². The lowest BCUT2D eigenvalue weighted by Crippen LogP contribution is -2.45. The van der Waals surface area contributed by atoms with Gasteiger partial charge in [0.1, 0.15) is 0 Å². The molecule has 0 saturated heterocycles. The van der Waals surface area contributed by atoms with Gasteiger partial charge in [-0.15, -0.1) is 0 Å². The molecular weight excluding hydrogens is 406 g/mol. The van der Waals surface area contributed by atoms with Gasteiger partial charge in [0, 0.05) is 17.6 Å². The Morgan fingerprint density at radius 2 is 1.61 bits per heavy atom. The molecule has 1 heterocycles. The zero-order valence-electron chi connectivity index (χ0n) is 18.1. The fourth-order valence-corrected chi connectivity index (χ4v) is 5.57. The lowest BCUT2D eigenvalue weighted by molar-refractivity contribution is 0.132. The Bertz CT molecular complexity index is 1100. The third-order valence-corrected chi connectivity index (χ3v) is 7.10. The van der Waals surface area contributed by atoms with E-state index in [1.54, 1.807) is 14.2 Å². The minimum absolute atomic E-state index is 0.150. The molecule has 5 rings (SSSR count). The maximum absolute atomic E-state index is 6.43. The van der Waals surface area contributed by atoms with Crippen molar-refractivity contribution in [2.24, 2.45) is 0 Å². The van der Waals surface area contributed by atoms with Crippen molar-refractivity contribution in [1.29, 1.82) is 0 Å². The maximum Gasteiger partial charge on any atom is 0.161 e. The SMILES string of the molecule is COc1cc2c(cc1OC)[C@H](c1cccc(Cl)c1)N([C@H]1CCc3ccccc3C1)CC2. The largest absolute Gasteiger partial charge is 0.493 e. The molecule has 31 heavy (non-hydrogen) atoms. The standard InChI is InChI=1S/C27H28ClNO2/c1-30-25-16-20-12-13-29(23-11-10-18-6-3-4-7-19(18)15-23)27(24(20)17-26(25)31-2)21-8-5-9-22(28)14-21/h3-9,14,16-17,23,27H,10-13,15H2,1-2H3/t23-,27-/m0/s1. The Kier molecular flexibility index (Phi) is 5.64. The van der Waals surface area contributed by atoms with Crippen molar-refractivity contribution in [3.63, 3.8) is 0 Å². The summed E-state index contributed by atoms with van der Waals surface area (Å²) >= 11 is 6.43. The second-order valence-corrected chi connectivity index (χ2v) is 8.95. The van der Waals surface area contributed by atoms with Crippen LogP contribution in [0.2, 0.25) is 5.02 Å². The smallest absolute Gasteiger partial charge is 0.161 e. The Morgan fingerprint density at radius 1 is 0.839 bits per heavy atom. The molecule has 0 N–H and O–H groups in total. The monoisotopic (exact) mass is 433 g/mol. The molecule has 3 aromatic rings. The number of methoxy groups -OCH3 is 2. The predicted molar refractivity (Wildman–Crippen MR) is 126 cm³/mol. The van der Waals surface area contributed by atoms with Crippen LogP contribution in [0.3, 0.4) is 0 Å². The number of hydrogen-bond donors (Lipinski definition) is 0. The minimum atomic E-state index is 0.150. The van der Waals surface area contributed by atoms with Crippen molar-refractivity contribution >= 4 is 11.6 Å².